The lowest BCUT2D eigenvalue weighted by Gasteiger charge is -2.22. The summed E-state index contributed by atoms with van der Waals surface area (Å²) in [5.74, 6) is 0.381. The van der Waals surface area contributed by atoms with Crippen molar-refractivity contribution < 1.29 is 20.1 Å². The van der Waals surface area contributed by atoms with Crippen LogP contribution in [0.4, 0.5) is 0 Å². The van der Waals surface area contributed by atoms with Crippen LogP contribution in [-0.2, 0) is 4.79 Å². The number of aliphatic hydroxyl groups excluding tert-OH is 1. The smallest absolute Gasteiger partial charge is 0.303 e. The maximum Gasteiger partial charge on any atom is 0.303 e. The average Bonchev–Trinajstić information content (AvgIpc) is 3.07. The molecule has 0 aliphatic heterocycles. The molecule has 0 aromatic heterocycles. The van der Waals surface area contributed by atoms with Crippen molar-refractivity contribution in [2.75, 3.05) is 0 Å². The lowest BCUT2D eigenvalue weighted by Crippen LogP contribution is -2.23. The summed E-state index contributed by atoms with van der Waals surface area (Å²) < 4.78 is 0. The van der Waals surface area contributed by atoms with E-state index in [2.05, 4.69) is 25.2 Å². The second-order valence-electron chi connectivity index (χ2n) is 8.57. The van der Waals surface area contributed by atoms with Crippen LogP contribution in [0.1, 0.15) is 78.1 Å². The molecule has 2 aliphatic carbocycles. The van der Waals surface area contributed by atoms with E-state index in [1.165, 1.54) is 5.57 Å². The van der Waals surface area contributed by atoms with Crippen molar-refractivity contribution >= 4 is 5.97 Å². The fourth-order valence-electron chi connectivity index (χ4n) is 4.56. The highest BCUT2D eigenvalue weighted by Gasteiger charge is 2.43. The van der Waals surface area contributed by atoms with Gasteiger partial charge in [0.05, 0.1) is 11.7 Å². The van der Waals surface area contributed by atoms with Crippen molar-refractivity contribution in [3.05, 3.63) is 23.8 Å². The molecule has 0 unspecified atom stereocenters. The first-order valence-electron chi connectivity index (χ1n) is 10.3. The average molecular weight is 365 g/mol. The zero-order valence-electron chi connectivity index (χ0n) is 16.4. The molecule has 148 valence electrons. The zero-order chi connectivity index (χ0) is 19.2. The van der Waals surface area contributed by atoms with Gasteiger partial charge in [-0.1, -0.05) is 43.6 Å². The van der Waals surface area contributed by atoms with E-state index in [1.54, 1.807) is 0 Å². The molecule has 26 heavy (non-hydrogen) atoms. The third kappa shape index (κ3) is 6.24. The first-order valence-corrected chi connectivity index (χ1v) is 10.3. The van der Waals surface area contributed by atoms with E-state index in [-0.39, 0.29) is 18.4 Å². The molecule has 0 amide bonds. The van der Waals surface area contributed by atoms with Crippen LogP contribution in [0.15, 0.2) is 23.8 Å². The third-order valence-corrected chi connectivity index (χ3v) is 6.07. The molecule has 4 nitrogen and oxygen atoms in total. The number of aliphatic carboxylic acids is 1. The molecule has 3 N–H and O–H groups in total. The van der Waals surface area contributed by atoms with Crippen molar-refractivity contribution in [2.45, 2.75) is 89.8 Å². The van der Waals surface area contributed by atoms with Crippen LogP contribution >= 0.6 is 0 Å². The quantitative estimate of drug-likeness (QED) is 0.373. The number of fused-ring (bicyclic) bond motifs is 1. The Bertz CT molecular complexity index is 520. The zero-order valence-corrected chi connectivity index (χ0v) is 16.4. The minimum absolute atomic E-state index is 0.176. The van der Waals surface area contributed by atoms with Crippen LogP contribution in [0.2, 0.25) is 0 Å². The molecule has 0 saturated heterocycles. The van der Waals surface area contributed by atoms with Crippen LogP contribution in [0.3, 0.4) is 0 Å². The number of allylic oxidation sites excluding steroid dienone is 2. The monoisotopic (exact) mass is 364 g/mol. The van der Waals surface area contributed by atoms with Crippen LogP contribution in [0.5, 0.6) is 0 Å². The molecule has 1 saturated carbocycles. The van der Waals surface area contributed by atoms with Gasteiger partial charge in [-0.3, -0.25) is 4.79 Å². The third-order valence-electron chi connectivity index (χ3n) is 6.07. The summed E-state index contributed by atoms with van der Waals surface area (Å²) in [4.78, 5) is 10.6. The SMILES string of the molecule is CCCC[C@](C)(O)CC=C[C@@H]1[C@H]2CC(CCCCC(=O)O)=C[C@@H]2C[C@H]1O. The van der Waals surface area contributed by atoms with Crippen molar-refractivity contribution in [3.63, 3.8) is 0 Å². The number of hydrogen-bond acceptors (Lipinski definition) is 3. The maximum atomic E-state index is 10.6. The Labute approximate surface area is 158 Å². The van der Waals surface area contributed by atoms with Gasteiger partial charge in [0.1, 0.15) is 0 Å². The van der Waals surface area contributed by atoms with Crippen LogP contribution in [-0.4, -0.2) is 33.0 Å². The van der Waals surface area contributed by atoms with Gasteiger partial charge in [-0.15, -0.1) is 0 Å². The number of hydrogen-bond donors (Lipinski definition) is 3. The molecule has 4 heteroatoms. The number of carboxylic acids is 1. The van der Waals surface area contributed by atoms with E-state index in [4.69, 9.17) is 5.11 Å². The Morgan fingerprint density at radius 1 is 1.35 bits per heavy atom. The highest BCUT2D eigenvalue weighted by molar-refractivity contribution is 5.66. The van der Waals surface area contributed by atoms with E-state index in [0.29, 0.717) is 18.3 Å². The summed E-state index contributed by atoms with van der Waals surface area (Å²) in [6, 6.07) is 0. The topological polar surface area (TPSA) is 77.8 Å². The van der Waals surface area contributed by atoms with Crippen molar-refractivity contribution in [1.82, 2.24) is 0 Å². The van der Waals surface area contributed by atoms with E-state index < -0.39 is 11.6 Å². The number of aliphatic hydroxyl groups is 2. The normalized spacial score (nSPS) is 30.4. The minimum Gasteiger partial charge on any atom is -0.481 e. The van der Waals surface area contributed by atoms with Crippen LogP contribution in [0, 0.1) is 17.8 Å². The largest absolute Gasteiger partial charge is 0.481 e. The highest BCUT2D eigenvalue weighted by Crippen LogP contribution is 2.48. The molecular weight excluding hydrogens is 328 g/mol. The van der Waals surface area contributed by atoms with E-state index in [0.717, 1.165) is 51.4 Å². The molecule has 0 aromatic carbocycles. The van der Waals surface area contributed by atoms with Crippen LogP contribution in [0.25, 0.3) is 0 Å². The standard InChI is InChI=1S/C22H36O4/c1-3-4-11-22(2,26)12-7-9-18-19-14-16(8-5-6-10-21(24)25)13-17(19)15-20(18)23/h7,9,13,17-20,23,26H,3-6,8,10-12,14-15H2,1-2H3,(H,24,25)/t17-,18-,19+,20-,22+/m1/s1. The predicted octanol–water partition coefficient (Wildman–Crippen LogP) is 4.46. The number of rotatable bonds is 11. The Morgan fingerprint density at radius 3 is 2.81 bits per heavy atom. The molecular formula is C22H36O4. The summed E-state index contributed by atoms with van der Waals surface area (Å²) in [6.07, 6.45) is 14.6. The van der Waals surface area contributed by atoms with Gasteiger partial charge >= 0.3 is 5.97 Å². The highest BCUT2D eigenvalue weighted by atomic mass is 16.4. The minimum atomic E-state index is -0.717. The van der Waals surface area contributed by atoms with Gasteiger partial charge in [0.2, 0.25) is 0 Å². The van der Waals surface area contributed by atoms with Crippen molar-refractivity contribution in [3.8, 4) is 0 Å². The fourth-order valence-corrected chi connectivity index (χ4v) is 4.56. The molecule has 5 atom stereocenters. The summed E-state index contributed by atoms with van der Waals surface area (Å²) in [7, 11) is 0. The second kappa shape index (κ2) is 9.70. The van der Waals surface area contributed by atoms with Gasteiger partial charge in [0.25, 0.3) is 0 Å². The van der Waals surface area contributed by atoms with E-state index >= 15 is 0 Å². The van der Waals surface area contributed by atoms with E-state index in [9.17, 15) is 15.0 Å². The Hall–Kier alpha value is -1.13. The lowest BCUT2D eigenvalue weighted by atomic mass is 9.87. The van der Waals surface area contributed by atoms with Gasteiger partial charge in [-0.2, -0.15) is 0 Å². The van der Waals surface area contributed by atoms with Crippen LogP contribution < -0.4 is 0 Å². The Balaban J connectivity index is 1.81. The molecule has 0 bridgehead atoms. The molecule has 0 aromatic rings. The van der Waals surface area contributed by atoms with E-state index in [1.807, 2.05) is 6.92 Å². The summed E-state index contributed by atoms with van der Waals surface area (Å²) in [5.41, 5.74) is 0.782. The van der Waals surface area contributed by atoms with Gasteiger partial charge in [-0.25, -0.2) is 0 Å². The summed E-state index contributed by atoms with van der Waals surface area (Å²) in [6.45, 7) is 4.03. The van der Waals surface area contributed by atoms with Gasteiger partial charge < -0.3 is 15.3 Å². The van der Waals surface area contributed by atoms with Gasteiger partial charge in [-0.05, 0) is 63.7 Å². The first-order chi connectivity index (χ1) is 12.3. The van der Waals surface area contributed by atoms with Gasteiger partial charge in [0.15, 0.2) is 0 Å². The molecule has 0 spiro atoms. The fraction of sp³-hybridized carbons (Fsp3) is 0.773. The molecule has 0 heterocycles. The number of carboxylic acid groups (broad SMARTS) is 1. The van der Waals surface area contributed by atoms with Gasteiger partial charge in [0, 0.05) is 12.3 Å². The van der Waals surface area contributed by atoms with Crippen molar-refractivity contribution in [1.29, 1.82) is 0 Å². The molecule has 1 fully saturated rings. The second-order valence-corrected chi connectivity index (χ2v) is 8.57. The molecule has 2 aliphatic rings. The number of carbonyl (C=O) groups is 1. The molecule has 0 radical (unpaired) electrons. The Morgan fingerprint density at radius 2 is 2.12 bits per heavy atom. The summed E-state index contributed by atoms with van der Waals surface area (Å²) >= 11 is 0. The molecule has 2 rings (SSSR count). The number of unbranched alkanes of at least 4 members (excludes halogenated alkanes) is 2. The first kappa shape index (κ1) is 21.2. The Kier molecular flexibility index (Phi) is 7.90. The van der Waals surface area contributed by atoms with Crippen molar-refractivity contribution in [2.24, 2.45) is 17.8 Å². The predicted molar refractivity (Wildman–Crippen MR) is 104 cm³/mol. The maximum absolute atomic E-state index is 10.6. The summed E-state index contributed by atoms with van der Waals surface area (Å²) in [5, 5.41) is 29.5. The lowest BCUT2D eigenvalue weighted by molar-refractivity contribution is -0.137.